The highest BCUT2D eigenvalue weighted by Crippen LogP contribution is 2.37. The van der Waals surface area contributed by atoms with Gasteiger partial charge in [-0.15, -0.1) is 0 Å². The van der Waals surface area contributed by atoms with E-state index in [1.807, 2.05) is 0 Å². The molecule has 1 aliphatic carbocycles. The van der Waals surface area contributed by atoms with Gasteiger partial charge >= 0.3 is 6.18 Å². The third-order valence-corrected chi connectivity index (χ3v) is 5.48. The summed E-state index contributed by atoms with van der Waals surface area (Å²) in [5.41, 5.74) is -2.18. The highest BCUT2D eigenvalue weighted by molar-refractivity contribution is 6.00. The molecule has 2 N–H and O–H groups in total. The Bertz CT molecular complexity index is 1250. The first kappa shape index (κ1) is 25.0. The number of nitrogens with zero attached hydrogens (tertiary/aromatic N) is 2. The molecular weight excluding hydrogens is 487 g/mol. The molecule has 0 atom stereocenters. The Labute approximate surface area is 201 Å². The number of aromatic nitrogens is 2. The summed E-state index contributed by atoms with van der Waals surface area (Å²) in [6, 6.07) is 7.88. The Morgan fingerprint density at radius 2 is 1.67 bits per heavy atom. The average molecular weight is 506 g/mol. The van der Waals surface area contributed by atoms with Crippen molar-refractivity contribution >= 4 is 11.8 Å². The van der Waals surface area contributed by atoms with E-state index in [-0.39, 0.29) is 29.5 Å². The molecule has 0 unspecified atom stereocenters. The third kappa shape index (κ3) is 5.93. The highest BCUT2D eigenvalue weighted by atomic mass is 19.4. The van der Waals surface area contributed by atoms with Crippen LogP contribution in [0.25, 0.3) is 0 Å². The molecule has 1 aliphatic rings. The van der Waals surface area contributed by atoms with E-state index in [1.54, 1.807) is 12.1 Å². The van der Waals surface area contributed by atoms with Crippen molar-refractivity contribution in [3.05, 3.63) is 83.4 Å². The maximum absolute atomic E-state index is 13.0. The quantitative estimate of drug-likeness (QED) is 0.428. The number of halogens is 5. The predicted octanol–water partition coefficient (Wildman–Crippen LogP) is 4.80. The lowest BCUT2D eigenvalue weighted by molar-refractivity contribution is -0.137. The second kappa shape index (κ2) is 9.88. The van der Waals surface area contributed by atoms with E-state index in [2.05, 4.69) is 20.6 Å². The first-order valence-corrected chi connectivity index (χ1v) is 10.7. The Balaban J connectivity index is 1.36. The van der Waals surface area contributed by atoms with Gasteiger partial charge < -0.3 is 15.4 Å². The second-order valence-corrected chi connectivity index (χ2v) is 8.18. The molecular formula is C24H19F5N4O3. The zero-order chi connectivity index (χ0) is 25.9. The molecule has 2 aromatic carbocycles. The van der Waals surface area contributed by atoms with Gasteiger partial charge in [-0.2, -0.15) is 13.2 Å². The molecule has 4 rings (SSSR count). The number of amides is 2. The van der Waals surface area contributed by atoms with Gasteiger partial charge in [0.2, 0.25) is 5.91 Å². The Hall–Kier alpha value is -4.09. The molecule has 36 heavy (non-hydrogen) atoms. The Morgan fingerprint density at radius 3 is 2.25 bits per heavy atom. The van der Waals surface area contributed by atoms with Crippen molar-refractivity contribution < 1.29 is 36.3 Å². The van der Waals surface area contributed by atoms with E-state index in [4.69, 9.17) is 4.74 Å². The van der Waals surface area contributed by atoms with E-state index in [0.29, 0.717) is 30.5 Å². The standard InChI is InChI=1S/C24H19F5N4O3/c25-20(26)15-7-17(24(27,28)29)9-19(8-15)36-18-3-1-14(2-4-18)10-32-22(35)23(5-6-23)33-21(34)16-11-30-13-31-12-16/h1-4,7-9,11-13,20H,5-6,10H2,(H,32,35)(H,33,34). The molecule has 1 heterocycles. The zero-order valence-electron chi connectivity index (χ0n) is 18.5. The van der Waals surface area contributed by atoms with Crippen LogP contribution in [-0.4, -0.2) is 27.3 Å². The maximum atomic E-state index is 13.0. The topological polar surface area (TPSA) is 93.2 Å². The summed E-state index contributed by atoms with van der Waals surface area (Å²) in [4.78, 5) is 32.5. The van der Waals surface area contributed by atoms with Crippen molar-refractivity contribution in [2.45, 2.75) is 37.5 Å². The van der Waals surface area contributed by atoms with Crippen LogP contribution < -0.4 is 15.4 Å². The summed E-state index contributed by atoms with van der Waals surface area (Å²) in [7, 11) is 0. The molecule has 188 valence electrons. The molecule has 0 aliphatic heterocycles. The van der Waals surface area contributed by atoms with Crippen LogP contribution in [0.2, 0.25) is 0 Å². The number of hydrogen-bond acceptors (Lipinski definition) is 5. The summed E-state index contributed by atoms with van der Waals surface area (Å²) < 4.78 is 70.5. The van der Waals surface area contributed by atoms with Gasteiger partial charge in [0, 0.05) is 24.5 Å². The van der Waals surface area contributed by atoms with Gasteiger partial charge in [-0.05, 0) is 48.7 Å². The lowest BCUT2D eigenvalue weighted by Crippen LogP contribution is -2.48. The van der Waals surface area contributed by atoms with Crippen LogP contribution in [0.1, 0.15) is 46.3 Å². The third-order valence-electron chi connectivity index (χ3n) is 5.48. The first-order valence-electron chi connectivity index (χ1n) is 10.7. The van der Waals surface area contributed by atoms with Gasteiger partial charge in [0.15, 0.2) is 0 Å². The van der Waals surface area contributed by atoms with Crippen LogP contribution in [0.15, 0.2) is 61.2 Å². The molecule has 12 heteroatoms. The second-order valence-electron chi connectivity index (χ2n) is 8.18. The monoisotopic (exact) mass is 506 g/mol. The Kier molecular flexibility index (Phi) is 6.86. The number of alkyl halides is 5. The molecule has 0 radical (unpaired) electrons. The summed E-state index contributed by atoms with van der Waals surface area (Å²) in [6.45, 7) is 0.115. The van der Waals surface area contributed by atoms with E-state index in [9.17, 15) is 31.5 Å². The van der Waals surface area contributed by atoms with Gasteiger partial charge in [-0.3, -0.25) is 9.59 Å². The van der Waals surface area contributed by atoms with E-state index in [0.717, 1.165) is 6.07 Å². The van der Waals surface area contributed by atoms with Gasteiger partial charge in [0.05, 0.1) is 11.1 Å². The van der Waals surface area contributed by atoms with Crippen molar-refractivity contribution in [1.29, 1.82) is 0 Å². The fourth-order valence-electron chi connectivity index (χ4n) is 3.37. The van der Waals surface area contributed by atoms with Crippen molar-refractivity contribution in [2.75, 3.05) is 0 Å². The Morgan fingerprint density at radius 1 is 1.00 bits per heavy atom. The summed E-state index contributed by atoms with van der Waals surface area (Å²) >= 11 is 0. The minimum atomic E-state index is -4.81. The van der Waals surface area contributed by atoms with Crippen LogP contribution in [0.5, 0.6) is 11.5 Å². The summed E-state index contributed by atoms with van der Waals surface area (Å²) in [5.74, 6) is -1.08. The minimum Gasteiger partial charge on any atom is -0.457 e. The van der Waals surface area contributed by atoms with E-state index >= 15 is 0 Å². The van der Waals surface area contributed by atoms with E-state index < -0.39 is 35.2 Å². The number of benzene rings is 2. The molecule has 7 nitrogen and oxygen atoms in total. The predicted molar refractivity (Wildman–Crippen MR) is 116 cm³/mol. The van der Waals surface area contributed by atoms with Crippen LogP contribution in [-0.2, 0) is 17.5 Å². The number of rotatable bonds is 8. The smallest absolute Gasteiger partial charge is 0.416 e. The molecule has 1 saturated carbocycles. The van der Waals surface area contributed by atoms with Crippen molar-refractivity contribution in [3.63, 3.8) is 0 Å². The van der Waals surface area contributed by atoms with Crippen LogP contribution >= 0.6 is 0 Å². The fourth-order valence-corrected chi connectivity index (χ4v) is 3.37. The van der Waals surface area contributed by atoms with Crippen molar-refractivity contribution in [2.24, 2.45) is 0 Å². The van der Waals surface area contributed by atoms with Crippen molar-refractivity contribution in [1.82, 2.24) is 20.6 Å². The largest absolute Gasteiger partial charge is 0.457 e. The molecule has 1 aromatic heterocycles. The fraction of sp³-hybridized carbons (Fsp3) is 0.250. The first-order chi connectivity index (χ1) is 17.1. The number of ether oxygens (including phenoxy) is 1. The van der Waals surface area contributed by atoms with Crippen LogP contribution in [0.3, 0.4) is 0 Å². The van der Waals surface area contributed by atoms with Crippen LogP contribution in [0.4, 0.5) is 22.0 Å². The summed E-state index contributed by atoms with van der Waals surface area (Å²) in [6.07, 6.45) is -2.99. The lowest BCUT2D eigenvalue weighted by atomic mass is 10.1. The lowest BCUT2D eigenvalue weighted by Gasteiger charge is -2.17. The van der Waals surface area contributed by atoms with Gasteiger partial charge in [-0.1, -0.05) is 12.1 Å². The molecule has 1 fully saturated rings. The molecule has 2 amide bonds. The highest BCUT2D eigenvalue weighted by Gasteiger charge is 2.51. The number of nitrogens with one attached hydrogen (secondary N) is 2. The number of hydrogen-bond donors (Lipinski definition) is 2. The maximum Gasteiger partial charge on any atom is 0.416 e. The van der Waals surface area contributed by atoms with Crippen molar-refractivity contribution in [3.8, 4) is 11.5 Å². The number of carbonyl (C=O) groups excluding carboxylic acids is 2. The molecule has 0 saturated heterocycles. The summed E-state index contributed by atoms with van der Waals surface area (Å²) in [5, 5.41) is 5.44. The van der Waals surface area contributed by atoms with Crippen LogP contribution in [0, 0.1) is 0 Å². The normalized spacial score (nSPS) is 14.3. The minimum absolute atomic E-state index is 0.115. The zero-order valence-corrected chi connectivity index (χ0v) is 18.5. The molecule has 0 spiro atoms. The van der Waals surface area contributed by atoms with Gasteiger partial charge in [0.25, 0.3) is 12.3 Å². The molecule has 3 aromatic rings. The van der Waals surface area contributed by atoms with Gasteiger partial charge in [-0.25, -0.2) is 18.7 Å². The molecule has 0 bridgehead atoms. The van der Waals surface area contributed by atoms with Gasteiger partial charge in [0.1, 0.15) is 23.4 Å². The van der Waals surface area contributed by atoms with E-state index in [1.165, 1.54) is 30.9 Å². The average Bonchev–Trinajstić information content (AvgIpc) is 3.64. The number of carbonyl (C=O) groups is 2. The SMILES string of the molecule is O=C(NC1(C(=O)NCc2ccc(Oc3cc(C(F)F)cc(C(F)(F)F)c3)cc2)CC1)c1cncnc1.